The molecule has 0 fully saturated rings. The molecule has 0 saturated heterocycles. The van der Waals surface area contributed by atoms with E-state index < -0.39 is 5.60 Å². The maximum atomic E-state index is 10.2. The highest BCUT2D eigenvalue weighted by Gasteiger charge is 2.26. The zero-order valence-corrected chi connectivity index (χ0v) is 16.1. The molecule has 0 heterocycles. The summed E-state index contributed by atoms with van der Waals surface area (Å²) in [6.45, 7) is 16.8. The van der Waals surface area contributed by atoms with E-state index in [0.29, 0.717) is 19.3 Å². The maximum absolute atomic E-state index is 10.2. The van der Waals surface area contributed by atoms with Crippen LogP contribution in [0, 0.1) is 17.3 Å². The molecular weight excluding hydrogens is 280 g/mol. The molecule has 0 radical (unpaired) electrons. The van der Waals surface area contributed by atoms with Crippen molar-refractivity contribution < 1.29 is 5.11 Å². The van der Waals surface area contributed by atoms with Gasteiger partial charge in [-0.2, -0.15) is 0 Å². The normalized spacial score (nSPS) is 13.1. The van der Waals surface area contributed by atoms with Gasteiger partial charge >= 0.3 is 0 Å². The number of hydrogen-bond donors (Lipinski definition) is 1. The van der Waals surface area contributed by atoms with Crippen LogP contribution in [0.1, 0.15) is 80.1 Å². The van der Waals surface area contributed by atoms with Gasteiger partial charge in [-0.1, -0.05) is 76.8 Å². The van der Waals surface area contributed by atoms with Crippen molar-refractivity contribution in [2.75, 3.05) is 0 Å². The average molecular weight is 317 g/mol. The van der Waals surface area contributed by atoms with E-state index in [4.69, 9.17) is 0 Å². The summed E-state index contributed by atoms with van der Waals surface area (Å²) in [5, 5.41) is 10.2. The van der Waals surface area contributed by atoms with Crippen molar-refractivity contribution in [1.29, 1.82) is 0 Å². The molecular formula is C22H36O. The highest BCUT2D eigenvalue weighted by molar-refractivity contribution is 5.34. The molecule has 1 nitrogen and oxygen atoms in total. The number of allylic oxidation sites excluding steroid dienone is 5. The zero-order chi connectivity index (χ0) is 17.9. The first-order valence-electron chi connectivity index (χ1n) is 9.09. The van der Waals surface area contributed by atoms with Crippen molar-refractivity contribution in [3.63, 3.8) is 0 Å². The molecule has 0 bridgehead atoms. The van der Waals surface area contributed by atoms with E-state index in [1.165, 1.54) is 5.57 Å². The van der Waals surface area contributed by atoms with Gasteiger partial charge in [-0.15, -0.1) is 0 Å². The summed E-state index contributed by atoms with van der Waals surface area (Å²) in [5.74, 6) is 6.11. The van der Waals surface area contributed by atoms with Crippen molar-refractivity contribution in [1.82, 2.24) is 0 Å². The summed E-state index contributed by atoms with van der Waals surface area (Å²) in [6.07, 6.45) is 11.9. The van der Waals surface area contributed by atoms with Gasteiger partial charge in [-0.05, 0) is 50.0 Å². The maximum Gasteiger partial charge on any atom is 0.125 e. The van der Waals surface area contributed by atoms with Crippen molar-refractivity contribution in [3.8, 4) is 11.8 Å². The Labute approximate surface area is 144 Å². The monoisotopic (exact) mass is 316 g/mol. The predicted molar refractivity (Wildman–Crippen MR) is 103 cm³/mol. The van der Waals surface area contributed by atoms with Gasteiger partial charge < -0.3 is 5.11 Å². The van der Waals surface area contributed by atoms with Gasteiger partial charge in [0.1, 0.15) is 5.60 Å². The Balaban J connectivity index is 5.23. The molecule has 0 aliphatic heterocycles. The van der Waals surface area contributed by atoms with Crippen molar-refractivity contribution in [2.24, 2.45) is 5.41 Å². The second-order valence-corrected chi connectivity index (χ2v) is 6.43. The van der Waals surface area contributed by atoms with Crippen molar-refractivity contribution >= 4 is 0 Å². The molecule has 0 aromatic carbocycles. The smallest absolute Gasteiger partial charge is 0.125 e. The lowest BCUT2D eigenvalue weighted by Crippen LogP contribution is -2.23. The molecule has 0 rings (SSSR count). The topological polar surface area (TPSA) is 20.2 Å². The van der Waals surface area contributed by atoms with Gasteiger partial charge in [-0.3, -0.25) is 0 Å². The summed E-state index contributed by atoms with van der Waals surface area (Å²) in [4.78, 5) is 0. The van der Waals surface area contributed by atoms with Crippen LogP contribution < -0.4 is 0 Å². The van der Waals surface area contributed by atoms with Crippen molar-refractivity contribution in [3.05, 3.63) is 36.0 Å². The van der Waals surface area contributed by atoms with Crippen LogP contribution in [-0.2, 0) is 0 Å². The summed E-state index contributed by atoms with van der Waals surface area (Å²) >= 11 is 0. The quantitative estimate of drug-likeness (QED) is 0.396. The number of hydrogen-bond acceptors (Lipinski definition) is 1. The number of rotatable bonds is 9. The fraction of sp³-hybridized carbons (Fsp3) is 0.636. The molecule has 0 amide bonds. The Bertz CT molecular complexity index is 466. The highest BCUT2D eigenvalue weighted by Crippen LogP contribution is 2.39. The van der Waals surface area contributed by atoms with Crippen LogP contribution in [0.3, 0.4) is 0 Å². The highest BCUT2D eigenvalue weighted by atomic mass is 16.3. The van der Waals surface area contributed by atoms with Crippen LogP contribution in [0.4, 0.5) is 0 Å². The van der Waals surface area contributed by atoms with Crippen LogP contribution in [0.2, 0.25) is 0 Å². The molecule has 0 saturated carbocycles. The summed E-state index contributed by atoms with van der Waals surface area (Å²) < 4.78 is 0. The number of aliphatic hydroxyl groups is 1. The van der Waals surface area contributed by atoms with Gasteiger partial charge in [0, 0.05) is 6.42 Å². The van der Waals surface area contributed by atoms with E-state index in [-0.39, 0.29) is 5.41 Å². The molecule has 1 heteroatoms. The molecule has 23 heavy (non-hydrogen) atoms. The Hall–Kier alpha value is -1.26. The fourth-order valence-electron chi connectivity index (χ4n) is 2.89. The third-order valence-electron chi connectivity index (χ3n) is 5.05. The van der Waals surface area contributed by atoms with E-state index in [1.54, 1.807) is 0 Å². The molecule has 1 N–H and O–H groups in total. The van der Waals surface area contributed by atoms with E-state index in [9.17, 15) is 5.11 Å². The average Bonchev–Trinajstić information content (AvgIpc) is 2.55. The molecule has 0 atom stereocenters. The fourth-order valence-corrected chi connectivity index (χ4v) is 2.89. The lowest BCUT2D eigenvalue weighted by atomic mass is 9.72. The third-order valence-corrected chi connectivity index (χ3v) is 5.05. The van der Waals surface area contributed by atoms with E-state index in [0.717, 1.165) is 24.8 Å². The van der Waals surface area contributed by atoms with Crippen LogP contribution in [0.15, 0.2) is 36.0 Å². The Morgan fingerprint density at radius 2 is 1.52 bits per heavy atom. The second kappa shape index (κ2) is 10.5. The molecule has 0 aromatic heterocycles. The van der Waals surface area contributed by atoms with Gasteiger partial charge in [0.15, 0.2) is 0 Å². The molecule has 0 unspecified atom stereocenters. The van der Waals surface area contributed by atoms with Crippen LogP contribution in [-0.4, -0.2) is 10.7 Å². The first kappa shape index (κ1) is 21.7. The molecule has 0 aromatic rings. The lowest BCUT2D eigenvalue weighted by molar-refractivity contribution is 0.0930. The van der Waals surface area contributed by atoms with E-state index >= 15 is 0 Å². The van der Waals surface area contributed by atoms with E-state index in [2.05, 4.69) is 57.4 Å². The zero-order valence-electron chi connectivity index (χ0n) is 16.1. The molecule has 0 aliphatic carbocycles. The van der Waals surface area contributed by atoms with Gasteiger partial charge in [0.05, 0.1) is 0 Å². The lowest BCUT2D eigenvalue weighted by Gasteiger charge is -2.32. The second-order valence-electron chi connectivity index (χ2n) is 6.43. The largest absolute Gasteiger partial charge is 0.378 e. The third kappa shape index (κ3) is 6.80. The SMILES string of the molecule is C=C(C)/C=C(\C=C/CC#CC(O)(CC)CC)C(CC)(CC)CC. The summed E-state index contributed by atoms with van der Waals surface area (Å²) in [5.41, 5.74) is 1.82. The Morgan fingerprint density at radius 1 is 1.00 bits per heavy atom. The van der Waals surface area contributed by atoms with Crippen molar-refractivity contribution in [2.45, 2.75) is 85.7 Å². The molecule has 0 aliphatic rings. The minimum atomic E-state index is -0.829. The van der Waals surface area contributed by atoms with Crippen LogP contribution >= 0.6 is 0 Å². The molecule has 130 valence electrons. The van der Waals surface area contributed by atoms with Gasteiger partial charge in [-0.25, -0.2) is 0 Å². The van der Waals surface area contributed by atoms with Crippen LogP contribution in [0.25, 0.3) is 0 Å². The van der Waals surface area contributed by atoms with Gasteiger partial charge in [0.25, 0.3) is 0 Å². The summed E-state index contributed by atoms with van der Waals surface area (Å²) in [7, 11) is 0. The summed E-state index contributed by atoms with van der Waals surface area (Å²) in [6, 6.07) is 0. The predicted octanol–water partition coefficient (Wildman–Crippen LogP) is 6.21. The standard InChI is InChI=1S/C22H36O/c1-8-21(9-2,10-3)20(18-19(6)7)16-14-13-15-17-22(23,11-4)12-5/h14,16,18,23H,6,8-13H2,1-5,7H3/b16-14-,20-18+. The molecule has 0 spiro atoms. The Kier molecular flexibility index (Phi) is 9.93. The van der Waals surface area contributed by atoms with Gasteiger partial charge in [0.2, 0.25) is 0 Å². The first-order chi connectivity index (χ1) is 10.8. The first-order valence-corrected chi connectivity index (χ1v) is 9.09. The Morgan fingerprint density at radius 3 is 1.91 bits per heavy atom. The van der Waals surface area contributed by atoms with Crippen LogP contribution in [0.5, 0.6) is 0 Å². The van der Waals surface area contributed by atoms with E-state index in [1.807, 2.05) is 20.8 Å². The minimum Gasteiger partial charge on any atom is -0.378 e. The minimum absolute atomic E-state index is 0.219.